The maximum Gasteiger partial charge on any atom is 0.253 e. The molecule has 118 valence electrons. The van der Waals surface area contributed by atoms with Crippen LogP contribution < -0.4 is 10.1 Å². The van der Waals surface area contributed by atoms with Crippen molar-refractivity contribution >= 4 is 5.91 Å². The van der Waals surface area contributed by atoms with Gasteiger partial charge in [0, 0.05) is 18.7 Å². The molecule has 2 heterocycles. The van der Waals surface area contributed by atoms with Crippen molar-refractivity contribution in [3.8, 4) is 5.75 Å². The van der Waals surface area contributed by atoms with Gasteiger partial charge in [-0.05, 0) is 62.0 Å². The lowest BCUT2D eigenvalue weighted by Crippen LogP contribution is -2.32. The Kier molecular flexibility index (Phi) is 4.78. The normalized spacial score (nSPS) is 24.5. The Hall–Kier alpha value is -1.81. The molecule has 2 atom stereocenters. The van der Waals surface area contributed by atoms with Crippen LogP contribution in [-0.4, -0.2) is 43.6 Å². The smallest absolute Gasteiger partial charge is 0.253 e. The van der Waals surface area contributed by atoms with E-state index in [1.54, 1.807) is 6.08 Å². The van der Waals surface area contributed by atoms with Gasteiger partial charge in [-0.15, -0.1) is 0 Å². The molecule has 0 unspecified atom stereocenters. The van der Waals surface area contributed by atoms with Crippen molar-refractivity contribution in [2.75, 3.05) is 32.8 Å². The first-order valence-corrected chi connectivity index (χ1v) is 8.11. The van der Waals surface area contributed by atoms with Gasteiger partial charge in [-0.3, -0.25) is 4.79 Å². The molecule has 0 saturated carbocycles. The maximum atomic E-state index is 12.7. The quantitative estimate of drug-likeness (QED) is 0.868. The van der Waals surface area contributed by atoms with Crippen LogP contribution in [0.25, 0.3) is 0 Å². The topological polar surface area (TPSA) is 41.6 Å². The molecule has 2 aliphatic heterocycles. The van der Waals surface area contributed by atoms with Crippen LogP contribution in [0.5, 0.6) is 5.75 Å². The zero-order chi connectivity index (χ0) is 15.4. The summed E-state index contributed by atoms with van der Waals surface area (Å²) in [5, 5.41) is 3.47. The zero-order valence-corrected chi connectivity index (χ0v) is 13.0. The van der Waals surface area contributed by atoms with E-state index in [9.17, 15) is 4.79 Å². The second-order valence-corrected chi connectivity index (χ2v) is 6.17. The summed E-state index contributed by atoms with van der Waals surface area (Å²) in [5.41, 5.74) is 0.746. The third kappa shape index (κ3) is 3.33. The third-order valence-corrected chi connectivity index (χ3v) is 4.78. The van der Waals surface area contributed by atoms with E-state index in [2.05, 4.69) is 11.9 Å². The van der Waals surface area contributed by atoms with E-state index in [-0.39, 0.29) is 5.91 Å². The van der Waals surface area contributed by atoms with Crippen LogP contribution in [0.3, 0.4) is 0 Å². The van der Waals surface area contributed by atoms with Gasteiger partial charge in [-0.25, -0.2) is 0 Å². The Morgan fingerprint density at radius 3 is 2.45 bits per heavy atom. The van der Waals surface area contributed by atoms with Crippen molar-refractivity contribution in [2.45, 2.75) is 12.8 Å². The number of nitrogens with one attached hydrogen (secondary N) is 1. The molecule has 0 spiro atoms. The van der Waals surface area contributed by atoms with E-state index in [1.807, 2.05) is 29.2 Å². The van der Waals surface area contributed by atoms with Crippen molar-refractivity contribution in [1.82, 2.24) is 10.2 Å². The van der Waals surface area contributed by atoms with E-state index < -0.39 is 0 Å². The summed E-state index contributed by atoms with van der Waals surface area (Å²) < 4.78 is 5.46. The van der Waals surface area contributed by atoms with Crippen LogP contribution in [0.1, 0.15) is 23.2 Å². The summed E-state index contributed by atoms with van der Waals surface area (Å²) in [6, 6.07) is 7.42. The standard InChI is InChI=1S/C18H24N2O2/c1-2-11-22-17-5-3-14(4-6-17)18(21)20-9-7-15-12-19-13-16(15)8-10-20/h2-6,15-16,19H,1,7-13H2/t15-,16+. The van der Waals surface area contributed by atoms with Gasteiger partial charge in [0.1, 0.15) is 12.4 Å². The number of carbonyl (C=O) groups excluding carboxylic acids is 1. The number of benzene rings is 1. The highest BCUT2D eigenvalue weighted by Crippen LogP contribution is 2.27. The number of carbonyl (C=O) groups is 1. The predicted octanol–water partition coefficient (Wildman–Crippen LogP) is 2.32. The van der Waals surface area contributed by atoms with Crippen LogP contribution in [0.2, 0.25) is 0 Å². The molecule has 22 heavy (non-hydrogen) atoms. The molecule has 1 aromatic carbocycles. The summed E-state index contributed by atoms with van der Waals surface area (Å²) in [6.45, 7) is 8.08. The molecule has 4 nitrogen and oxygen atoms in total. The second kappa shape index (κ2) is 6.97. The number of hydrogen-bond acceptors (Lipinski definition) is 3. The summed E-state index contributed by atoms with van der Waals surface area (Å²) in [6.07, 6.45) is 3.94. The lowest BCUT2D eigenvalue weighted by Gasteiger charge is -2.21. The molecule has 4 heteroatoms. The fourth-order valence-corrected chi connectivity index (χ4v) is 3.45. The van der Waals surface area contributed by atoms with Gasteiger partial charge in [0.2, 0.25) is 0 Å². The van der Waals surface area contributed by atoms with E-state index >= 15 is 0 Å². The fraction of sp³-hybridized carbons (Fsp3) is 0.500. The van der Waals surface area contributed by atoms with E-state index in [4.69, 9.17) is 4.74 Å². The Bertz CT molecular complexity index is 512. The molecular weight excluding hydrogens is 276 g/mol. The SMILES string of the molecule is C=CCOc1ccc(C(=O)N2CC[C@@H]3CNC[C@@H]3CC2)cc1. The van der Waals surface area contributed by atoms with Gasteiger partial charge in [0.05, 0.1) is 0 Å². The molecule has 1 amide bonds. The monoisotopic (exact) mass is 300 g/mol. The molecular formula is C18H24N2O2. The minimum absolute atomic E-state index is 0.142. The van der Waals surface area contributed by atoms with E-state index in [0.29, 0.717) is 6.61 Å². The average molecular weight is 300 g/mol. The lowest BCUT2D eigenvalue weighted by atomic mass is 9.92. The molecule has 2 aliphatic rings. The van der Waals surface area contributed by atoms with Gasteiger partial charge in [-0.2, -0.15) is 0 Å². The predicted molar refractivity (Wildman–Crippen MR) is 87.1 cm³/mol. The minimum Gasteiger partial charge on any atom is -0.490 e. The van der Waals surface area contributed by atoms with Crippen molar-refractivity contribution in [2.24, 2.45) is 11.8 Å². The summed E-state index contributed by atoms with van der Waals surface area (Å²) in [5.74, 6) is 2.40. The van der Waals surface area contributed by atoms with Crippen molar-refractivity contribution in [1.29, 1.82) is 0 Å². The fourth-order valence-electron chi connectivity index (χ4n) is 3.45. The van der Waals surface area contributed by atoms with E-state index in [1.165, 1.54) is 0 Å². The van der Waals surface area contributed by atoms with Gasteiger partial charge in [0.25, 0.3) is 5.91 Å². The number of fused-ring (bicyclic) bond motifs is 1. The van der Waals surface area contributed by atoms with Gasteiger partial charge < -0.3 is 15.0 Å². The van der Waals surface area contributed by atoms with E-state index in [0.717, 1.165) is 62.2 Å². The number of likely N-dealkylation sites (tertiary alicyclic amines) is 1. The van der Waals surface area contributed by atoms with Crippen LogP contribution in [-0.2, 0) is 0 Å². The molecule has 1 N–H and O–H groups in total. The molecule has 0 radical (unpaired) electrons. The average Bonchev–Trinajstić information content (AvgIpc) is 2.91. The number of ether oxygens (including phenoxy) is 1. The first kappa shape index (κ1) is 15.1. The third-order valence-electron chi connectivity index (χ3n) is 4.78. The molecule has 1 aromatic rings. The van der Waals surface area contributed by atoms with Crippen molar-refractivity contribution in [3.63, 3.8) is 0 Å². The number of amides is 1. The van der Waals surface area contributed by atoms with Crippen LogP contribution >= 0.6 is 0 Å². The Morgan fingerprint density at radius 2 is 1.86 bits per heavy atom. The molecule has 3 rings (SSSR count). The van der Waals surface area contributed by atoms with Crippen molar-refractivity contribution < 1.29 is 9.53 Å². The van der Waals surface area contributed by atoms with Gasteiger partial charge in [0.15, 0.2) is 0 Å². The van der Waals surface area contributed by atoms with Crippen LogP contribution in [0.15, 0.2) is 36.9 Å². The number of rotatable bonds is 4. The highest BCUT2D eigenvalue weighted by molar-refractivity contribution is 5.94. The molecule has 0 aromatic heterocycles. The Labute approximate surface area is 132 Å². The van der Waals surface area contributed by atoms with Crippen molar-refractivity contribution in [3.05, 3.63) is 42.5 Å². The molecule has 0 bridgehead atoms. The minimum atomic E-state index is 0.142. The highest BCUT2D eigenvalue weighted by atomic mass is 16.5. The van der Waals surface area contributed by atoms with Gasteiger partial charge in [-0.1, -0.05) is 12.7 Å². The second-order valence-electron chi connectivity index (χ2n) is 6.17. The molecule has 2 saturated heterocycles. The summed E-state index contributed by atoms with van der Waals surface area (Å²) in [4.78, 5) is 14.7. The van der Waals surface area contributed by atoms with Gasteiger partial charge >= 0.3 is 0 Å². The zero-order valence-electron chi connectivity index (χ0n) is 13.0. The Balaban J connectivity index is 1.62. The maximum absolute atomic E-state index is 12.7. The first-order valence-electron chi connectivity index (χ1n) is 8.11. The summed E-state index contributed by atoms with van der Waals surface area (Å²) >= 11 is 0. The number of hydrogen-bond donors (Lipinski definition) is 1. The summed E-state index contributed by atoms with van der Waals surface area (Å²) in [7, 11) is 0. The lowest BCUT2D eigenvalue weighted by molar-refractivity contribution is 0.0758. The number of nitrogens with zero attached hydrogens (tertiary/aromatic N) is 1. The Morgan fingerprint density at radius 1 is 1.23 bits per heavy atom. The molecule has 2 fully saturated rings. The van der Waals surface area contributed by atoms with Crippen LogP contribution in [0.4, 0.5) is 0 Å². The highest BCUT2D eigenvalue weighted by Gasteiger charge is 2.31. The van der Waals surface area contributed by atoms with Crippen LogP contribution in [0, 0.1) is 11.8 Å². The first-order chi connectivity index (χ1) is 10.8. The largest absolute Gasteiger partial charge is 0.490 e. The molecule has 0 aliphatic carbocycles.